The van der Waals surface area contributed by atoms with Gasteiger partial charge in [0.1, 0.15) is 12.4 Å². The topological polar surface area (TPSA) is 76.8 Å². The van der Waals surface area contributed by atoms with Crippen LogP contribution in [0.1, 0.15) is 11.4 Å². The predicted molar refractivity (Wildman–Crippen MR) is 81.7 cm³/mol. The van der Waals surface area contributed by atoms with Crippen LogP contribution in [0.15, 0.2) is 48.5 Å². The lowest BCUT2D eigenvalue weighted by molar-refractivity contribution is 0.296. The average Bonchev–Trinajstić information content (AvgIpc) is 2.94. The number of ether oxygens (including phenoxy) is 1. The molecule has 0 saturated heterocycles. The summed E-state index contributed by atoms with van der Waals surface area (Å²) in [7, 11) is 0. The zero-order chi connectivity index (χ0) is 14.7. The molecule has 0 aliphatic heterocycles. The highest BCUT2D eigenvalue weighted by Gasteiger charge is 2.06. The van der Waals surface area contributed by atoms with Gasteiger partial charge in [0, 0.05) is 17.3 Å². The zero-order valence-corrected chi connectivity index (χ0v) is 11.7. The minimum atomic E-state index is 0.322. The molecular formula is C16H16N4O. The van der Waals surface area contributed by atoms with Crippen molar-refractivity contribution in [2.75, 3.05) is 5.73 Å². The van der Waals surface area contributed by atoms with Crippen molar-refractivity contribution in [1.29, 1.82) is 0 Å². The first-order valence-electron chi connectivity index (χ1n) is 6.67. The Kier molecular flexibility index (Phi) is 3.55. The number of nitrogens with zero attached hydrogens (tertiary/aromatic N) is 2. The molecule has 3 aromatic rings. The standard InChI is InChI=1S/C16H16N4O/c1-11-4-2-5-12(8-11)16-18-15(19-20-16)10-21-14-7-3-6-13(17)9-14/h2-9H,10,17H2,1H3,(H,18,19,20). The number of H-pyrrole nitrogens is 1. The van der Waals surface area contributed by atoms with E-state index in [4.69, 9.17) is 10.5 Å². The van der Waals surface area contributed by atoms with E-state index >= 15 is 0 Å². The van der Waals surface area contributed by atoms with Crippen LogP contribution in [-0.4, -0.2) is 15.2 Å². The molecule has 0 unspecified atom stereocenters. The number of nitrogens with one attached hydrogen (secondary N) is 1. The summed E-state index contributed by atoms with van der Waals surface area (Å²) in [5.74, 6) is 2.06. The summed E-state index contributed by atoms with van der Waals surface area (Å²) < 4.78 is 5.63. The maximum atomic E-state index is 5.71. The third-order valence-electron chi connectivity index (χ3n) is 3.04. The van der Waals surface area contributed by atoms with Crippen LogP contribution in [0.2, 0.25) is 0 Å². The first-order chi connectivity index (χ1) is 10.2. The van der Waals surface area contributed by atoms with E-state index in [1.807, 2.05) is 49.4 Å². The largest absolute Gasteiger partial charge is 0.486 e. The number of nitrogen functional groups attached to an aromatic ring is 1. The van der Waals surface area contributed by atoms with Gasteiger partial charge in [-0.05, 0) is 25.1 Å². The number of aromatic amines is 1. The van der Waals surface area contributed by atoms with Crippen LogP contribution in [0.4, 0.5) is 5.69 Å². The fourth-order valence-electron chi connectivity index (χ4n) is 2.03. The van der Waals surface area contributed by atoms with Crippen LogP contribution < -0.4 is 10.5 Å². The highest BCUT2D eigenvalue weighted by Crippen LogP contribution is 2.18. The van der Waals surface area contributed by atoms with E-state index in [2.05, 4.69) is 15.2 Å². The fourth-order valence-corrected chi connectivity index (χ4v) is 2.03. The fraction of sp³-hybridized carbons (Fsp3) is 0.125. The molecule has 2 aromatic carbocycles. The summed E-state index contributed by atoms with van der Waals surface area (Å²) in [6, 6.07) is 15.4. The molecule has 0 amide bonds. The van der Waals surface area contributed by atoms with Crippen molar-refractivity contribution in [3.63, 3.8) is 0 Å². The SMILES string of the molecule is Cc1cccc(-c2n[nH]c(COc3cccc(N)c3)n2)c1. The molecule has 0 bridgehead atoms. The van der Waals surface area contributed by atoms with E-state index in [1.54, 1.807) is 6.07 Å². The summed E-state index contributed by atoms with van der Waals surface area (Å²) in [5.41, 5.74) is 8.54. The number of nitrogens with two attached hydrogens (primary N) is 1. The summed E-state index contributed by atoms with van der Waals surface area (Å²) in [5, 5.41) is 7.11. The van der Waals surface area contributed by atoms with Crippen molar-refractivity contribution in [2.24, 2.45) is 0 Å². The molecule has 0 radical (unpaired) electrons. The van der Waals surface area contributed by atoms with Gasteiger partial charge in [-0.2, -0.15) is 5.10 Å². The third-order valence-corrected chi connectivity index (χ3v) is 3.04. The van der Waals surface area contributed by atoms with Crippen LogP contribution in [0, 0.1) is 6.92 Å². The molecule has 1 heterocycles. The molecule has 5 nitrogen and oxygen atoms in total. The summed E-state index contributed by atoms with van der Waals surface area (Å²) in [4.78, 5) is 4.44. The van der Waals surface area contributed by atoms with Gasteiger partial charge >= 0.3 is 0 Å². The Bertz CT molecular complexity index is 751. The van der Waals surface area contributed by atoms with Gasteiger partial charge in [0.05, 0.1) is 0 Å². The molecule has 1 aromatic heterocycles. The molecule has 0 aliphatic rings. The lowest BCUT2D eigenvalue weighted by Gasteiger charge is -2.04. The average molecular weight is 280 g/mol. The van der Waals surface area contributed by atoms with Gasteiger partial charge in [0.2, 0.25) is 0 Å². The summed E-state index contributed by atoms with van der Waals surface area (Å²) in [6.07, 6.45) is 0. The van der Waals surface area contributed by atoms with Gasteiger partial charge in [-0.3, -0.25) is 5.10 Å². The molecule has 3 rings (SSSR count). The maximum Gasteiger partial charge on any atom is 0.181 e. The Morgan fingerprint density at radius 1 is 1.14 bits per heavy atom. The number of aromatic nitrogens is 3. The van der Waals surface area contributed by atoms with E-state index in [0.717, 1.165) is 5.56 Å². The monoisotopic (exact) mass is 280 g/mol. The summed E-state index contributed by atoms with van der Waals surface area (Å²) >= 11 is 0. The Balaban J connectivity index is 1.71. The first kappa shape index (κ1) is 13.2. The van der Waals surface area contributed by atoms with E-state index in [0.29, 0.717) is 29.7 Å². The molecule has 0 fully saturated rings. The van der Waals surface area contributed by atoms with Crippen molar-refractivity contribution < 1.29 is 4.74 Å². The molecule has 106 valence electrons. The summed E-state index contributed by atoms with van der Waals surface area (Å²) in [6.45, 7) is 2.36. The molecule has 0 aliphatic carbocycles. The third kappa shape index (κ3) is 3.20. The van der Waals surface area contributed by atoms with E-state index in [1.165, 1.54) is 5.56 Å². The molecule has 3 N–H and O–H groups in total. The normalized spacial score (nSPS) is 10.5. The number of hydrogen-bond donors (Lipinski definition) is 2. The number of rotatable bonds is 4. The van der Waals surface area contributed by atoms with Gasteiger partial charge in [-0.25, -0.2) is 4.98 Å². The van der Waals surface area contributed by atoms with Crippen molar-refractivity contribution in [2.45, 2.75) is 13.5 Å². The number of aryl methyl sites for hydroxylation is 1. The minimum Gasteiger partial charge on any atom is -0.486 e. The Hall–Kier alpha value is -2.82. The number of anilines is 1. The van der Waals surface area contributed by atoms with E-state index in [9.17, 15) is 0 Å². The van der Waals surface area contributed by atoms with Gasteiger partial charge in [0.15, 0.2) is 11.6 Å². The van der Waals surface area contributed by atoms with Crippen LogP contribution in [0.3, 0.4) is 0 Å². The van der Waals surface area contributed by atoms with Gasteiger partial charge < -0.3 is 10.5 Å². The lowest BCUT2D eigenvalue weighted by atomic mass is 10.1. The van der Waals surface area contributed by atoms with E-state index < -0.39 is 0 Å². The lowest BCUT2D eigenvalue weighted by Crippen LogP contribution is -1.98. The van der Waals surface area contributed by atoms with Crippen molar-refractivity contribution in [1.82, 2.24) is 15.2 Å². The molecule has 0 spiro atoms. The Morgan fingerprint density at radius 2 is 2.00 bits per heavy atom. The van der Waals surface area contributed by atoms with Crippen molar-refractivity contribution in [3.8, 4) is 17.1 Å². The maximum absolute atomic E-state index is 5.71. The van der Waals surface area contributed by atoms with Crippen LogP contribution in [0.25, 0.3) is 11.4 Å². The van der Waals surface area contributed by atoms with E-state index in [-0.39, 0.29) is 0 Å². The second-order valence-electron chi connectivity index (χ2n) is 4.84. The highest BCUT2D eigenvalue weighted by atomic mass is 16.5. The van der Waals surface area contributed by atoms with Gasteiger partial charge in [-0.1, -0.05) is 29.8 Å². The highest BCUT2D eigenvalue weighted by molar-refractivity contribution is 5.55. The van der Waals surface area contributed by atoms with Crippen molar-refractivity contribution >= 4 is 5.69 Å². The second-order valence-corrected chi connectivity index (χ2v) is 4.84. The molecule has 0 saturated carbocycles. The molecule has 21 heavy (non-hydrogen) atoms. The molecule has 5 heteroatoms. The second kappa shape index (κ2) is 5.66. The zero-order valence-electron chi connectivity index (χ0n) is 11.7. The van der Waals surface area contributed by atoms with Crippen LogP contribution in [-0.2, 0) is 6.61 Å². The number of benzene rings is 2. The Labute approximate surface area is 122 Å². The van der Waals surface area contributed by atoms with Gasteiger partial charge in [0.25, 0.3) is 0 Å². The van der Waals surface area contributed by atoms with Crippen molar-refractivity contribution in [3.05, 3.63) is 59.9 Å². The first-order valence-corrected chi connectivity index (χ1v) is 6.67. The van der Waals surface area contributed by atoms with Crippen LogP contribution >= 0.6 is 0 Å². The molecular weight excluding hydrogens is 264 g/mol. The quantitative estimate of drug-likeness (QED) is 0.720. The smallest absolute Gasteiger partial charge is 0.181 e. The van der Waals surface area contributed by atoms with Crippen LogP contribution in [0.5, 0.6) is 5.75 Å². The van der Waals surface area contributed by atoms with Gasteiger partial charge in [-0.15, -0.1) is 0 Å². The minimum absolute atomic E-state index is 0.322. The Morgan fingerprint density at radius 3 is 2.81 bits per heavy atom. The number of hydrogen-bond acceptors (Lipinski definition) is 4. The molecule has 0 atom stereocenters. The predicted octanol–water partition coefficient (Wildman–Crippen LogP) is 2.94.